The monoisotopic (exact) mass is 291 g/mol. The second-order valence-corrected chi connectivity index (χ2v) is 5.59. The second-order valence-electron chi connectivity index (χ2n) is 5.59. The van der Waals surface area contributed by atoms with Crippen molar-refractivity contribution in [2.75, 3.05) is 13.2 Å². The van der Waals surface area contributed by atoms with Gasteiger partial charge in [0.2, 0.25) is 0 Å². The largest absolute Gasteiger partial charge is 0.494 e. The molecule has 1 saturated heterocycles. The van der Waals surface area contributed by atoms with Crippen LogP contribution in [0.25, 0.3) is 0 Å². The highest BCUT2D eigenvalue weighted by Crippen LogP contribution is 2.33. The summed E-state index contributed by atoms with van der Waals surface area (Å²) in [6.45, 7) is 5.50. The number of aliphatic carboxylic acids is 1. The SMILES string of the molecule is CCOc1ccccc1C(C)N1CCCCCC1C(=O)O. The molecule has 4 heteroatoms. The summed E-state index contributed by atoms with van der Waals surface area (Å²) in [5.41, 5.74) is 1.08. The predicted molar refractivity (Wildman–Crippen MR) is 82.6 cm³/mol. The lowest BCUT2D eigenvalue weighted by Gasteiger charge is -2.33. The summed E-state index contributed by atoms with van der Waals surface area (Å²) in [6, 6.07) is 7.60. The molecule has 0 saturated carbocycles. The molecule has 0 aliphatic carbocycles. The maximum Gasteiger partial charge on any atom is 0.320 e. The van der Waals surface area contributed by atoms with Crippen LogP contribution >= 0.6 is 0 Å². The molecule has 1 N–H and O–H groups in total. The van der Waals surface area contributed by atoms with Gasteiger partial charge in [-0.05, 0) is 39.3 Å². The molecule has 2 rings (SSSR count). The Morgan fingerprint density at radius 3 is 2.86 bits per heavy atom. The average Bonchev–Trinajstić information content (AvgIpc) is 2.73. The third-order valence-electron chi connectivity index (χ3n) is 4.25. The van der Waals surface area contributed by atoms with Crippen LogP contribution in [0.5, 0.6) is 5.75 Å². The molecule has 2 unspecified atom stereocenters. The zero-order valence-electron chi connectivity index (χ0n) is 12.9. The molecule has 1 heterocycles. The fraction of sp³-hybridized carbons (Fsp3) is 0.588. The first-order chi connectivity index (χ1) is 10.1. The van der Waals surface area contributed by atoms with E-state index in [1.807, 2.05) is 31.2 Å². The highest BCUT2D eigenvalue weighted by atomic mass is 16.5. The summed E-state index contributed by atoms with van der Waals surface area (Å²) < 4.78 is 5.70. The highest BCUT2D eigenvalue weighted by molar-refractivity contribution is 5.73. The van der Waals surface area contributed by atoms with Crippen LogP contribution in [0.1, 0.15) is 51.1 Å². The standard InChI is InChI=1S/C17H25NO3/c1-3-21-16-11-7-6-9-14(16)13(2)18-12-8-4-5-10-15(18)17(19)20/h6-7,9,11,13,15H,3-5,8,10,12H2,1-2H3,(H,19,20). The van der Waals surface area contributed by atoms with Gasteiger partial charge >= 0.3 is 5.97 Å². The minimum absolute atomic E-state index is 0.0481. The first-order valence-corrected chi connectivity index (χ1v) is 7.85. The molecular formula is C17H25NO3. The Kier molecular flexibility index (Phi) is 5.62. The molecule has 0 spiro atoms. The van der Waals surface area contributed by atoms with Gasteiger partial charge in [0.25, 0.3) is 0 Å². The van der Waals surface area contributed by atoms with Crippen LogP contribution in [0.15, 0.2) is 24.3 Å². The molecule has 2 atom stereocenters. The zero-order valence-corrected chi connectivity index (χ0v) is 12.9. The predicted octanol–water partition coefficient (Wildman–Crippen LogP) is 3.48. The van der Waals surface area contributed by atoms with Crippen LogP contribution in [0, 0.1) is 0 Å². The van der Waals surface area contributed by atoms with Gasteiger partial charge in [-0.25, -0.2) is 0 Å². The molecule has 1 aromatic carbocycles. The van der Waals surface area contributed by atoms with Gasteiger partial charge in [0.05, 0.1) is 6.61 Å². The van der Waals surface area contributed by atoms with E-state index in [1.165, 1.54) is 0 Å². The van der Waals surface area contributed by atoms with Gasteiger partial charge < -0.3 is 9.84 Å². The Balaban J connectivity index is 2.27. The number of nitrogens with zero attached hydrogens (tertiary/aromatic N) is 1. The van der Waals surface area contributed by atoms with Crippen LogP contribution in [0.2, 0.25) is 0 Å². The molecule has 1 aliphatic rings. The summed E-state index contributed by atoms with van der Waals surface area (Å²) in [5.74, 6) is 0.151. The minimum Gasteiger partial charge on any atom is -0.494 e. The highest BCUT2D eigenvalue weighted by Gasteiger charge is 2.31. The molecule has 4 nitrogen and oxygen atoms in total. The van der Waals surface area contributed by atoms with Gasteiger partial charge in [-0.1, -0.05) is 31.0 Å². The summed E-state index contributed by atoms with van der Waals surface area (Å²) in [6.07, 6.45) is 3.90. The lowest BCUT2D eigenvalue weighted by atomic mass is 10.0. The maximum absolute atomic E-state index is 11.6. The van der Waals surface area contributed by atoms with E-state index in [9.17, 15) is 9.90 Å². The van der Waals surface area contributed by atoms with Crippen molar-refractivity contribution in [2.24, 2.45) is 0 Å². The van der Waals surface area contributed by atoms with E-state index < -0.39 is 12.0 Å². The second kappa shape index (κ2) is 7.46. The van der Waals surface area contributed by atoms with Crippen LogP contribution in [-0.2, 0) is 4.79 Å². The molecular weight excluding hydrogens is 266 g/mol. The Morgan fingerprint density at radius 1 is 1.38 bits per heavy atom. The summed E-state index contributed by atoms with van der Waals surface area (Å²) in [7, 11) is 0. The fourth-order valence-corrected chi connectivity index (χ4v) is 3.15. The van der Waals surface area contributed by atoms with Crippen LogP contribution < -0.4 is 4.74 Å². The van der Waals surface area contributed by atoms with Crippen molar-refractivity contribution in [1.82, 2.24) is 4.90 Å². The number of carboxylic acids is 1. The normalized spacial score (nSPS) is 21.5. The minimum atomic E-state index is -0.711. The third-order valence-corrected chi connectivity index (χ3v) is 4.25. The Labute approximate surface area is 126 Å². The number of hydrogen-bond donors (Lipinski definition) is 1. The molecule has 21 heavy (non-hydrogen) atoms. The zero-order chi connectivity index (χ0) is 15.2. The van der Waals surface area contributed by atoms with E-state index in [-0.39, 0.29) is 6.04 Å². The molecule has 1 fully saturated rings. The van der Waals surface area contributed by atoms with Crippen molar-refractivity contribution in [2.45, 2.75) is 51.6 Å². The Bertz CT molecular complexity index is 475. The number of hydrogen-bond acceptors (Lipinski definition) is 3. The lowest BCUT2D eigenvalue weighted by Crippen LogP contribution is -2.42. The molecule has 0 amide bonds. The van der Waals surface area contributed by atoms with Gasteiger partial charge in [0.15, 0.2) is 0 Å². The fourth-order valence-electron chi connectivity index (χ4n) is 3.15. The van der Waals surface area contributed by atoms with Gasteiger partial charge in [0.1, 0.15) is 11.8 Å². The summed E-state index contributed by atoms with van der Waals surface area (Å²) in [4.78, 5) is 13.7. The smallest absolute Gasteiger partial charge is 0.320 e. The van der Waals surface area contributed by atoms with E-state index in [0.717, 1.165) is 43.5 Å². The summed E-state index contributed by atoms with van der Waals surface area (Å²) >= 11 is 0. The van der Waals surface area contributed by atoms with Gasteiger partial charge in [0, 0.05) is 11.6 Å². The number of benzene rings is 1. The average molecular weight is 291 g/mol. The number of para-hydroxylation sites is 1. The molecule has 1 aromatic rings. The van der Waals surface area contributed by atoms with E-state index in [0.29, 0.717) is 6.61 Å². The van der Waals surface area contributed by atoms with E-state index in [4.69, 9.17) is 4.74 Å². The van der Waals surface area contributed by atoms with Gasteiger partial charge in [-0.15, -0.1) is 0 Å². The van der Waals surface area contributed by atoms with Crippen LogP contribution in [0.4, 0.5) is 0 Å². The molecule has 0 bridgehead atoms. The summed E-state index contributed by atoms with van der Waals surface area (Å²) in [5, 5.41) is 9.53. The Morgan fingerprint density at radius 2 is 2.14 bits per heavy atom. The van der Waals surface area contributed by atoms with Crippen LogP contribution in [-0.4, -0.2) is 35.2 Å². The number of carboxylic acid groups (broad SMARTS) is 1. The lowest BCUT2D eigenvalue weighted by molar-refractivity contribution is -0.144. The molecule has 0 aromatic heterocycles. The first kappa shape index (κ1) is 15.8. The number of ether oxygens (including phenoxy) is 1. The van der Waals surface area contributed by atoms with Crippen molar-refractivity contribution in [3.8, 4) is 5.75 Å². The maximum atomic E-state index is 11.6. The van der Waals surface area contributed by atoms with Crippen molar-refractivity contribution in [1.29, 1.82) is 0 Å². The van der Waals surface area contributed by atoms with Crippen molar-refractivity contribution in [3.63, 3.8) is 0 Å². The van der Waals surface area contributed by atoms with E-state index in [2.05, 4.69) is 11.8 Å². The quantitative estimate of drug-likeness (QED) is 0.902. The molecule has 1 aliphatic heterocycles. The van der Waals surface area contributed by atoms with E-state index >= 15 is 0 Å². The van der Waals surface area contributed by atoms with Crippen LogP contribution in [0.3, 0.4) is 0 Å². The van der Waals surface area contributed by atoms with Gasteiger partial charge in [-0.2, -0.15) is 0 Å². The Hall–Kier alpha value is -1.55. The topological polar surface area (TPSA) is 49.8 Å². The molecule has 0 radical (unpaired) electrons. The van der Waals surface area contributed by atoms with Crippen molar-refractivity contribution < 1.29 is 14.6 Å². The van der Waals surface area contributed by atoms with E-state index in [1.54, 1.807) is 0 Å². The number of likely N-dealkylation sites (tertiary alicyclic amines) is 1. The third kappa shape index (κ3) is 3.76. The first-order valence-electron chi connectivity index (χ1n) is 7.85. The number of rotatable bonds is 5. The molecule has 116 valence electrons. The van der Waals surface area contributed by atoms with Gasteiger partial charge in [-0.3, -0.25) is 9.69 Å². The number of carbonyl (C=O) groups is 1. The van der Waals surface area contributed by atoms with Crippen molar-refractivity contribution in [3.05, 3.63) is 29.8 Å². The van der Waals surface area contributed by atoms with Crippen molar-refractivity contribution >= 4 is 5.97 Å².